The van der Waals surface area contributed by atoms with Gasteiger partial charge in [0.1, 0.15) is 17.5 Å². The van der Waals surface area contributed by atoms with Gasteiger partial charge in [-0.05, 0) is 26.2 Å². The van der Waals surface area contributed by atoms with Crippen molar-refractivity contribution in [3.8, 4) is 0 Å². The van der Waals surface area contributed by atoms with Crippen molar-refractivity contribution in [2.75, 3.05) is 49.1 Å². The van der Waals surface area contributed by atoms with Gasteiger partial charge in [0.2, 0.25) is 5.91 Å². The minimum atomic E-state index is 0.299. The summed E-state index contributed by atoms with van der Waals surface area (Å²) in [7, 11) is 0. The molecule has 0 N–H and O–H groups in total. The fraction of sp³-hybridized carbons (Fsp3) is 0.722. The van der Waals surface area contributed by atoms with Crippen LogP contribution in [0.15, 0.2) is 6.07 Å². The van der Waals surface area contributed by atoms with Crippen molar-refractivity contribution >= 4 is 17.5 Å². The van der Waals surface area contributed by atoms with Gasteiger partial charge in [-0.2, -0.15) is 0 Å². The number of amides is 1. The van der Waals surface area contributed by atoms with Crippen molar-refractivity contribution in [3.05, 3.63) is 11.9 Å². The van der Waals surface area contributed by atoms with E-state index in [1.807, 2.05) is 11.8 Å². The molecule has 6 heteroatoms. The molecule has 0 saturated carbocycles. The van der Waals surface area contributed by atoms with Crippen LogP contribution in [0.3, 0.4) is 0 Å². The maximum absolute atomic E-state index is 12.2. The standard InChI is InChI=1S/C18H29N5O/c1-3-4-7-18(24)23-12-10-22(11-13-23)17-14-16(19-15(2)20-17)21-8-5-6-9-21/h14H,3-13H2,1-2H3. The lowest BCUT2D eigenvalue weighted by Gasteiger charge is -2.36. The van der Waals surface area contributed by atoms with E-state index >= 15 is 0 Å². The zero-order valence-electron chi connectivity index (χ0n) is 15.0. The Bertz CT molecular complexity index is 563. The van der Waals surface area contributed by atoms with Crippen molar-refractivity contribution in [1.29, 1.82) is 0 Å². The van der Waals surface area contributed by atoms with Gasteiger partial charge >= 0.3 is 0 Å². The molecule has 1 aromatic rings. The topological polar surface area (TPSA) is 52.6 Å². The monoisotopic (exact) mass is 331 g/mol. The van der Waals surface area contributed by atoms with Crippen LogP contribution in [-0.4, -0.2) is 60.0 Å². The molecule has 2 saturated heterocycles. The largest absolute Gasteiger partial charge is 0.356 e. The molecule has 0 bridgehead atoms. The lowest BCUT2D eigenvalue weighted by molar-refractivity contribution is -0.131. The molecule has 0 aliphatic carbocycles. The van der Waals surface area contributed by atoms with Crippen LogP contribution in [0.5, 0.6) is 0 Å². The van der Waals surface area contributed by atoms with Gasteiger partial charge < -0.3 is 14.7 Å². The van der Waals surface area contributed by atoms with Gasteiger partial charge in [-0.3, -0.25) is 4.79 Å². The number of nitrogens with zero attached hydrogens (tertiary/aromatic N) is 5. The summed E-state index contributed by atoms with van der Waals surface area (Å²) in [6.07, 6.45) is 5.24. The number of carbonyl (C=O) groups is 1. The third-order valence-electron chi connectivity index (χ3n) is 4.94. The number of unbranched alkanes of at least 4 members (excludes halogenated alkanes) is 1. The van der Waals surface area contributed by atoms with Crippen LogP contribution >= 0.6 is 0 Å². The van der Waals surface area contributed by atoms with Crippen LogP contribution in [0.1, 0.15) is 44.9 Å². The van der Waals surface area contributed by atoms with Crippen LogP contribution in [0.25, 0.3) is 0 Å². The van der Waals surface area contributed by atoms with E-state index in [2.05, 4.69) is 32.8 Å². The van der Waals surface area contributed by atoms with Crippen LogP contribution in [0.4, 0.5) is 11.6 Å². The van der Waals surface area contributed by atoms with Crippen LogP contribution < -0.4 is 9.80 Å². The Balaban J connectivity index is 1.62. The fourth-order valence-corrected chi connectivity index (χ4v) is 3.48. The maximum atomic E-state index is 12.2. The summed E-state index contributed by atoms with van der Waals surface area (Å²) in [5.74, 6) is 3.19. The van der Waals surface area contributed by atoms with Crippen LogP contribution in [0.2, 0.25) is 0 Å². The Labute approximate surface area is 144 Å². The van der Waals surface area contributed by atoms with Crippen molar-refractivity contribution in [2.45, 2.75) is 46.0 Å². The molecule has 24 heavy (non-hydrogen) atoms. The van der Waals surface area contributed by atoms with Crippen molar-refractivity contribution in [2.24, 2.45) is 0 Å². The third kappa shape index (κ3) is 3.97. The number of hydrogen-bond donors (Lipinski definition) is 0. The molecule has 0 radical (unpaired) electrons. The number of piperazine rings is 1. The normalized spacial score (nSPS) is 18.3. The van der Waals surface area contributed by atoms with E-state index in [0.717, 1.165) is 69.6 Å². The number of aromatic nitrogens is 2. The summed E-state index contributed by atoms with van der Waals surface area (Å²) in [6.45, 7) is 9.58. The van der Waals surface area contributed by atoms with E-state index in [0.29, 0.717) is 12.3 Å². The average molecular weight is 331 g/mol. The molecule has 1 aromatic heterocycles. The molecule has 2 fully saturated rings. The first-order valence-corrected chi connectivity index (χ1v) is 9.30. The van der Waals surface area contributed by atoms with Gasteiger partial charge in [0.05, 0.1) is 0 Å². The highest BCUT2D eigenvalue weighted by atomic mass is 16.2. The quantitative estimate of drug-likeness (QED) is 0.828. The van der Waals surface area contributed by atoms with E-state index in [1.54, 1.807) is 0 Å². The molecule has 0 atom stereocenters. The molecule has 0 spiro atoms. The summed E-state index contributed by atoms with van der Waals surface area (Å²) in [6, 6.07) is 2.12. The Morgan fingerprint density at radius 2 is 1.58 bits per heavy atom. The Morgan fingerprint density at radius 3 is 2.17 bits per heavy atom. The molecule has 1 amide bonds. The smallest absolute Gasteiger partial charge is 0.222 e. The SMILES string of the molecule is CCCCC(=O)N1CCN(c2cc(N3CCCC3)nc(C)n2)CC1. The van der Waals surface area contributed by atoms with Gasteiger partial charge in [0, 0.05) is 51.8 Å². The lowest BCUT2D eigenvalue weighted by Crippen LogP contribution is -2.49. The van der Waals surface area contributed by atoms with E-state index in [4.69, 9.17) is 0 Å². The highest BCUT2D eigenvalue weighted by Gasteiger charge is 2.23. The maximum Gasteiger partial charge on any atom is 0.222 e. The van der Waals surface area contributed by atoms with Crippen LogP contribution in [-0.2, 0) is 4.79 Å². The Kier molecular flexibility index (Phi) is 5.53. The molecule has 2 aliphatic rings. The van der Waals surface area contributed by atoms with E-state index < -0.39 is 0 Å². The number of aryl methyl sites for hydroxylation is 1. The predicted molar refractivity (Wildman–Crippen MR) is 96.5 cm³/mol. The Morgan fingerprint density at radius 1 is 1.00 bits per heavy atom. The summed E-state index contributed by atoms with van der Waals surface area (Å²) in [5, 5.41) is 0. The van der Waals surface area contributed by atoms with Gasteiger partial charge in [-0.25, -0.2) is 9.97 Å². The highest BCUT2D eigenvalue weighted by molar-refractivity contribution is 5.76. The molecule has 6 nitrogen and oxygen atoms in total. The summed E-state index contributed by atoms with van der Waals surface area (Å²) >= 11 is 0. The minimum Gasteiger partial charge on any atom is -0.356 e. The fourth-order valence-electron chi connectivity index (χ4n) is 3.48. The second kappa shape index (κ2) is 7.81. The molecular weight excluding hydrogens is 302 g/mol. The number of rotatable bonds is 5. The first-order valence-electron chi connectivity index (χ1n) is 9.30. The molecule has 132 valence electrons. The second-order valence-corrected chi connectivity index (χ2v) is 6.80. The van der Waals surface area contributed by atoms with E-state index in [1.165, 1.54) is 12.8 Å². The number of hydrogen-bond acceptors (Lipinski definition) is 5. The number of carbonyl (C=O) groups excluding carboxylic acids is 1. The molecule has 3 heterocycles. The van der Waals surface area contributed by atoms with Crippen LogP contribution in [0, 0.1) is 6.92 Å². The third-order valence-corrected chi connectivity index (χ3v) is 4.94. The summed E-state index contributed by atoms with van der Waals surface area (Å²) in [4.78, 5) is 28.0. The summed E-state index contributed by atoms with van der Waals surface area (Å²) in [5.41, 5.74) is 0. The zero-order chi connectivity index (χ0) is 16.9. The second-order valence-electron chi connectivity index (χ2n) is 6.80. The molecule has 0 aromatic carbocycles. The van der Waals surface area contributed by atoms with Gasteiger partial charge in [0.25, 0.3) is 0 Å². The van der Waals surface area contributed by atoms with Gasteiger partial charge in [-0.15, -0.1) is 0 Å². The number of anilines is 2. The van der Waals surface area contributed by atoms with Crippen molar-refractivity contribution < 1.29 is 4.79 Å². The summed E-state index contributed by atoms with van der Waals surface area (Å²) < 4.78 is 0. The predicted octanol–water partition coefficient (Wildman–Crippen LogP) is 2.22. The molecule has 3 rings (SSSR count). The molecule has 2 aliphatic heterocycles. The molecular formula is C18H29N5O. The minimum absolute atomic E-state index is 0.299. The Hall–Kier alpha value is -1.85. The highest BCUT2D eigenvalue weighted by Crippen LogP contribution is 2.23. The van der Waals surface area contributed by atoms with E-state index in [-0.39, 0.29) is 0 Å². The van der Waals surface area contributed by atoms with Gasteiger partial charge in [-0.1, -0.05) is 13.3 Å². The first-order chi connectivity index (χ1) is 11.7. The average Bonchev–Trinajstić information content (AvgIpc) is 3.14. The lowest BCUT2D eigenvalue weighted by atomic mass is 10.2. The van der Waals surface area contributed by atoms with Crippen molar-refractivity contribution in [3.63, 3.8) is 0 Å². The van der Waals surface area contributed by atoms with E-state index in [9.17, 15) is 4.79 Å². The van der Waals surface area contributed by atoms with Gasteiger partial charge in [0.15, 0.2) is 0 Å². The zero-order valence-corrected chi connectivity index (χ0v) is 15.0. The first kappa shape index (κ1) is 17.0. The van der Waals surface area contributed by atoms with Crippen molar-refractivity contribution in [1.82, 2.24) is 14.9 Å². The molecule has 0 unspecified atom stereocenters.